The van der Waals surface area contributed by atoms with E-state index in [1.165, 1.54) is 0 Å². The van der Waals surface area contributed by atoms with Crippen LogP contribution in [-0.2, 0) is 11.8 Å². The third-order valence-electron chi connectivity index (χ3n) is 6.03. The highest BCUT2D eigenvalue weighted by atomic mass is 16.5. The zero-order valence-corrected chi connectivity index (χ0v) is 18.1. The summed E-state index contributed by atoms with van der Waals surface area (Å²) < 4.78 is 7.30. The van der Waals surface area contributed by atoms with Gasteiger partial charge in [0.05, 0.1) is 29.9 Å². The standard InChI is InChI=1S/C22H33N5O2/c1-14(2)11-17(27-7-9-29-10-8-27)13-23-22(28)18-12-19(16-5-6-16)24-21-20(18)15(3)25-26(21)4/h12,14,16-17H,5-11,13H2,1-4H3,(H,23,28). The van der Waals surface area contributed by atoms with Gasteiger partial charge in [0.1, 0.15) is 0 Å². The molecule has 0 aromatic carbocycles. The van der Waals surface area contributed by atoms with Crippen LogP contribution in [0.1, 0.15) is 60.8 Å². The number of pyridine rings is 1. The fourth-order valence-corrected chi connectivity index (χ4v) is 4.39. The number of amides is 1. The molecule has 4 rings (SSSR count). The lowest BCUT2D eigenvalue weighted by Crippen LogP contribution is -2.49. The lowest BCUT2D eigenvalue weighted by Gasteiger charge is -2.35. The third kappa shape index (κ3) is 4.46. The van der Waals surface area contributed by atoms with Crippen molar-refractivity contribution in [3.63, 3.8) is 0 Å². The van der Waals surface area contributed by atoms with Gasteiger partial charge in [-0.05, 0) is 38.2 Å². The van der Waals surface area contributed by atoms with E-state index in [0.29, 0.717) is 30.0 Å². The van der Waals surface area contributed by atoms with Crippen molar-refractivity contribution in [3.8, 4) is 0 Å². The number of hydrogen-bond donors (Lipinski definition) is 1. The minimum absolute atomic E-state index is 0.0163. The minimum Gasteiger partial charge on any atom is -0.379 e. The van der Waals surface area contributed by atoms with Crippen molar-refractivity contribution in [2.75, 3.05) is 32.8 Å². The molecule has 29 heavy (non-hydrogen) atoms. The Hall–Kier alpha value is -1.99. The number of carbonyl (C=O) groups excluding carboxylic acids is 1. The summed E-state index contributed by atoms with van der Waals surface area (Å²) in [5.74, 6) is 1.05. The number of carbonyl (C=O) groups is 1. The van der Waals surface area contributed by atoms with Crippen LogP contribution in [0.5, 0.6) is 0 Å². The highest BCUT2D eigenvalue weighted by Gasteiger charge is 2.29. The molecule has 3 heterocycles. The maximum atomic E-state index is 13.3. The first-order valence-electron chi connectivity index (χ1n) is 10.9. The summed E-state index contributed by atoms with van der Waals surface area (Å²) in [6.45, 7) is 10.5. The smallest absolute Gasteiger partial charge is 0.252 e. The average Bonchev–Trinajstić information content (AvgIpc) is 3.51. The number of aryl methyl sites for hydroxylation is 2. The summed E-state index contributed by atoms with van der Waals surface area (Å²) >= 11 is 0. The molecule has 0 spiro atoms. The van der Waals surface area contributed by atoms with E-state index < -0.39 is 0 Å². The Kier molecular flexibility index (Phi) is 5.88. The van der Waals surface area contributed by atoms with Gasteiger partial charge in [-0.15, -0.1) is 0 Å². The Bertz CT molecular complexity index is 881. The Balaban J connectivity index is 1.56. The topological polar surface area (TPSA) is 72.3 Å². The van der Waals surface area contributed by atoms with Crippen LogP contribution >= 0.6 is 0 Å². The molecule has 2 aliphatic rings. The molecule has 7 nitrogen and oxygen atoms in total. The highest BCUT2D eigenvalue weighted by molar-refractivity contribution is 6.06. The largest absolute Gasteiger partial charge is 0.379 e. The van der Waals surface area contributed by atoms with Crippen molar-refractivity contribution in [1.29, 1.82) is 0 Å². The van der Waals surface area contributed by atoms with Crippen molar-refractivity contribution in [1.82, 2.24) is 25.0 Å². The normalized spacial score (nSPS) is 19.1. The van der Waals surface area contributed by atoms with Gasteiger partial charge >= 0.3 is 0 Å². The van der Waals surface area contributed by atoms with Crippen LogP contribution in [0.4, 0.5) is 0 Å². The van der Waals surface area contributed by atoms with Gasteiger partial charge in [0, 0.05) is 44.3 Å². The maximum Gasteiger partial charge on any atom is 0.252 e. The van der Waals surface area contributed by atoms with Crippen LogP contribution in [0.2, 0.25) is 0 Å². The number of ether oxygens (including phenoxy) is 1. The fourth-order valence-electron chi connectivity index (χ4n) is 4.39. The van der Waals surface area contributed by atoms with Gasteiger partial charge in [0.25, 0.3) is 5.91 Å². The molecule has 0 bridgehead atoms. The van der Waals surface area contributed by atoms with E-state index in [-0.39, 0.29) is 5.91 Å². The molecule has 7 heteroatoms. The average molecular weight is 400 g/mol. The predicted octanol–water partition coefficient (Wildman–Crippen LogP) is 2.63. The van der Waals surface area contributed by atoms with Gasteiger partial charge in [-0.1, -0.05) is 13.8 Å². The van der Waals surface area contributed by atoms with E-state index in [1.807, 2.05) is 20.0 Å². The van der Waals surface area contributed by atoms with Crippen molar-refractivity contribution < 1.29 is 9.53 Å². The van der Waals surface area contributed by atoms with Crippen LogP contribution in [0.15, 0.2) is 6.07 Å². The highest BCUT2D eigenvalue weighted by Crippen LogP contribution is 2.40. The number of fused-ring (bicyclic) bond motifs is 1. The molecule has 2 aromatic rings. The number of hydrogen-bond acceptors (Lipinski definition) is 5. The molecular formula is C22H33N5O2. The molecule has 158 valence electrons. The van der Waals surface area contributed by atoms with Crippen molar-refractivity contribution >= 4 is 16.9 Å². The quantitative estimate of drug-likeness (QED) is 0.775. The zero-order valence-electron chi connectivity index (χ0n) is 18.1. The van der Waals surface area contributed by atoms with Gasteiger partial charge in [-0.2, -0.15) is 5.10 Å². The number of morpholine rings is 1. The summed E-state index contributed by atoms with van der Waals surface area (Å²) in [5, 5.41) is 8.62. The summed E-state index contributed by atoms with van der Waals surface area (Å²) in [6.07, 6.45) is 3.37. The lowest BCUT2D eigenvalue weighted by molar-refractivity contribution is 0.0124. The summed E-state index contributed by atoms with van der Waals surface area (Å²) in [5.41, 5.74) is 3.41. The van der Waals surface area contributed by atoms with Gasteiger partial charge in [0.2, 0.25) is 0 Å². The van der Waals surface area contributed by atoms with E-state index in [4.69, 9.17) is 9.72 Å². The summed E-state index contributed by atoms with van der Waals surface area (Å²) in [7, 11) is 1.90. The van der Waals surface area contributed by atoms with E-state index >= 15 is 0 Å². The second-order valence-corrected chi connectivity index (χ2v) is 8.92. The van der Waals surface area contributed by atoms with Crippen molar-refractivity contribution in [2.24, 2.45) is 13.0 Å². The first kappa shape index (κ1) is 20.3. The molecule has 1 amide bonds. The van der Waals surface area contributed by atoms with Crippen LogP contribution in [0.25, 0.3) is 11.0 Å². The SMILES string of the molecule is Cc1nn(C)c2nc(C3CC3)cc(C(=O)NCC(CC(C)C)N3CCOCC3)c12. The maximum absolute atomic E-state index is 13.3. The van der Waals surface area contributed by atoms with E-state index in [2.05, 4.69) is 29.2 Å². The minimum atomic E-state index is -0.0163. The Morgan fingerprint density at radius 2 is 2.03 bits per heavy atom. The second kappa shape index (κ2) is 8.40. The van der Waals surface area contributed by atoms with Crippen LogP contribution < -0.4 is 5.32 Å². The first-order chi connectivity index (χ1) is 13.9. The predicted molar refractivity (Wildman–Crippen MR) is 113 cm³/mol. The molecule has 1 saturated carbocycles. The molecule has 0 radical (unpaired) electrons. The van der Waals surface area contributed by atoms with Gasteiger partial charge in [0.15, 0.2) is 5.65 Å². The second-order valence-electron chi connectivity index (χ2n) is 8.92. The first-order valence-corrected chi connectivity index (χ1v) is 10.9. The Morgan fingerprint density at radius 1 is 1.31 bits per heavy atom. The molecular weight excluding hydrogens is 366 g/mol. The van der Waals surface area contributed by atoms with Crippen LogP contribution in [-0.4, -0.2) is 64.5 Å². The molecule has 1 saturated heterocycles. The molecule has 2 fully saturated rings. The fraction of sp³-hybridized carbons (Fsp3) is 0.682. The number of rotatable bonds is 7. The molecule has 1 atom stereocenters. The Morgan fingerprint density at radius 3 is 2.69 bits per heavy atom. The van der Waals surface area contributed by atoms with Crippen molar-refractivity contribution in [3.05, 3.63) is 23.0 Å². The van der Waals surface area contributed by atoms with Crippen LogP contribution in [0.3, 0.4) is 0 Å². The number of nitrogens with one attached hydrogen (secondary N) is 1. The van der Waals surface area contributed by atoms with Gasteiger partial charge in [-0.25, -0.2) is 4.98 Å². The molecule has 1 aliphatic carbocycles. The van der Waals surface area contributed by atoms with Gasteiger partial charge in [-0.3, -0.25) is 14.4 Å². The van der Waals surface area contributed by atoms with E-state index in [0.717, 1.165) is 68.0 Å². The summed E-state index contributed by atoms with van der Waals surface area (Å²) in [4.78, 5) is 20.5. The van der Waals surface area contributed by atoms with Gasteiger partial charge < -0.3 is 10.1 Å². The Labute approximate surface area is 172 Å². The molecule has 1 N–H and O–H groups in total. The third-order valence-corrected chi connectivity index (χ3v) is 6.03. The zero-order chi connectivity index (χ0) is 20.5. The number of nitrogens with zero attached hydrogens (tertiary/aromatic N) is 4. The van der Waals surface area contributed by atoms with Crippen molar-refractivity contribution in [2.45, 2.75) is 52.0 Å². The monoisotopic (exact) mass is 399 g/mol. The van der Waals surface area contributed by atoms with E-state index in [9.17, 15) is 4.79 Å². The molecule has 1 aliphatic heterocycles. The van der Waals surface area contributed by atoms with Crippen LogP contribution in [0, 0.1) is 12.8 Å². The summed E-state index contributed by atoms with van der Waals surface area (Å²) in [6, 6.07) is 2.33. The van der Waals surface area contributed by atoms with E-state index in [1.54, 1.807) is 4.68 Å². The lowest BCUT2D eigenvalue weighted by atomic mass is 10.0. The number of aromatic nitrogens is 3. The molecule has 1 unspecified atom stereocenters. The molecule has 2 aromatic heterocycles.